The van der Waals surface area contributed by atoms with Crippen LogP contribution in [0.2, 0.25) is 10.0 Å². The number of benzene rings is 2. The minimum absolute atomic E-state index is 0.0213. The van der Waals surface area contributed by atoms with Crippen LogP contribution < -0.4 is 10.5 Å². The van der Waals surface area contributed by atoms with Crippen molar-refractivity contribution in [3.05, 3.63) is 61.6 Å². The molecular formula is C14H12Cl2N2O3. The zero-order chi connectivity index (χ0) is 15.6. The molecule has 0 aromatic heterocycles. The lowest BCUT2D eigenvalue weighted by Crippen LogP contribution is -2.01. The number of halogens is 2. The van der Waals surface area contributed by atoms with Gasteiger partial charge in [0.25, 0.3) is 0 Å². The van der Waals surface area contributed by atoms with E-state index in [1.807, 2.05) is 19.1 Å². The van der Waals surface area contributed by atoms with Gasteiger partial charge >= 0.3 is 5.69 Å². The number of nitrogens with two attached hydrogens (primary N) is 1. The maximum absolute atomic E-state index is 11.1. The first-order valence-electron chi connectivity index (χ1n) is 6.03. The van der Waals surface area contributed by atoms with Crippen LogP contribution in [0, 0.1) is 17.0 Å². The molecule has 2 aromatic rings. The van der Waals surface area contributed by atoms with E-state index in [0.29, 0.717) is 5.75 Å². The van der Waals surface area contributed by atoms with Crippen LogP contribution in [0.5, 0.6) is 11.5 Å². The molecule has 0 spiro atoms. The Balaban J connectivity index is 2.48. The lowest BCUT2D eigenvalue weighted by Gasteiger charge is -2.11. The van der Waals surface area contributed by atoms with E-state index >= 15 is 0 Å². The summed E-state index contributed by atoms with van der Waals surface area (Å²) in [7, 11) is 0. The van der Waals surface area contributed by atoms with Crippen molar-refractivity contribution in [1.29, 1.82) is 0 Å². The lowest BCUT2D eigenvalue weighted by molar-refractivity contribution is -0.385. The molecule has 0 aliphatic heterocycles. The maximum Gasteiger partial charge on any atom is 0.313 e. The summed E-state index contributed by atoms with van der Waals surface area (Å²) in [6, 6.07) is 7.89. The quantitative estimate of drug-likeness (QED) is 0.664. The highest BCUT2D eigenvalue weighted by atomic mass is 35.5. The summed E-state index contributed by atoms with van der Waals surface area (Å²) in [6.07, 6.45) is 0. The molecule has 0 amide bonds. The summed E-state index contributed by atoms with van der Waals surface area (Å²) < 4.78 is 5.62. The third-order valence-electron chi connectivity index (χ3n) is 2.85. The zero-order valence-corrected chi connectivity index (χ0v) is 12.6. The topological polar surface area (TPSA) is 78.4 Å². The molecular weight excluding hydrogens is 315 g/mol. The van der Waals surface area contributed by atoms with Gasteiger partial charge < -0.3 is 10.5 Å². The number of rotatable bonds is 4. The van der Waals surface area contributed by atoms with Crippen molar-refractivity contribution in [2.24, 2.45) is 5.73 Å². The summed E-state index contributed by atoms with van der Waals surface area (Å²) in [4.78, 5) is 10.5. The fourth-order valence-corrected chi connectivity index (χ4v) is 2.14. The Bertz CT molecular complexity index is 705. The average Bonchev–Trinajstić information content (AvgIpc) is 2.44. The van der Waals surface area contributed by atoms with Gasteiger partial charge in [0.2, 0.25) is 5.75 Å². The summed E-state index contributed by atoms with van der Waals surface area (Å²) in [6.45, 7) is 2.18. The summed E-state index contributed by atoms with van der Waals surface area (Å²) >= 11 is 11.7. The molecule has 2 aromatic carbocycles. The molecule has 2 rings (SSSR count). The van der Waals surface area contributed by atoms with Gasteiger partial charge in [-0.15, -0.1) is 0 Å². The number of aryl methyl sites for hydroxylation is 1. The van der Waals surface area contributed by atoms with Crippen molar-refractivity contribution < 1.29 is 9.66 Å². The molecule has 0 heterocycles. The summed E-state index contributed by atoms with van der Waals surface area (Å²) in [5, 5.41) is 11.4. The molecule has 2 N–H and O–H groups in total. The number of hydrogen-bond acceptors (Lipinski definition) is 4. The number of nitro groups is 1. The van der Waals surface area contributed by atoms with Gasteiger partial charge in [0.1, 0.15) is 5.75 Å². The summed E-state index contributed by atoms with van der Waals surface area (Å²) in [5.41, 5.74) is 7.17. The molecule has 0 saturated heterocycles. The third kappa shape index (κ3) is 3.44. The van der Waals surface area contributed by atoms with Crippen LogP contribution in [0.15, 0.2) is 30.3 Å². The zero-order valence-electron chi connectivity index (χ0n) is 11.1. The van der Waals surface area contributed by atoms with Crippen LogP contribution >= 0.6 is 23.2 Å². The van der Waals surface area contributed by atoms with Crippen molar-refractivity contribution >= 4 is 28.9 Å². The summed E-state index contributed by atoms with van der Waals surface area (Å²) in [5.74, 6) is 0.470. The Morgan fingerprint density at radius 3 is 2.48 bits per heavy atom. The van der Waals surface area contributed by atoms with E-state index in [9.17, 15) is 10.1 Å². The highest BCUT2D eigenvalue weighted by Gasteiger charge is 2.20. The SMILES string of the molecule is Cc1ccc(Oc2cc(Cl)c(Cl)cc2[N+](=O)[O-])c(CN)c1. The van der Waals surface area contributed by atoms with Crippen molar-refractivity contribution in [2.45, 2.75) is 13.5 Å². The molecule has 21 heavy (non-hydrogen) atoms. The Morgan fingerprint density at radius 1 is 1.19 bits per heavy atom. The predicted octanol–water partition coefficient (Wildman–Crippen LogP) is 4.46. The fourth-order valence-electron chi connectivity index (χ4n) is 1.83. The first-order valence-corrected chi connectivity index (χ1v) is 6.79. The normalized spacial score (nSPS) is 10.5. The van der Waals surface area contributed by atoms with Crippen molar-refractivity contribution in [3.8, 4) is 11.5 Å². The molecule has 5 nitrogen and oxygen atoms in total. The van der Waals surface area contributed by atoms with Crippen LogP contribution in [-0.2, 0) is 6.54 Å². The second-order valence-corrected chi connectivity index (χ2v) is 5.22. The van der Waals surface area contributed by atoms with E-state index in [1.165, 1.54) is 6.07 Å². The van der Waals surface area contributed by atoms with Crippen molar-refractivity contribution in [2.75, 3.05) is 0 Å². The van der Waals surface area contributed by atoms with Gasteiger partial charge in [0, 0.05) is 24.2 Å². The largest absolute Gasteiger partial charge is 0.450 e. The second kappa shape index (κ2) is 6.30. The molecule has 0 saturated carbocycles. The molecule has 7 heteroatoms. The Labute approximate surface area is 131 Å². The minimum atomic E-state index is -0.576. The van der Waals surface area contributed by atoms with Gasteiger partial charge in [0.15, 0.2) is 0 Å². The lowest BCUT2D eigenvalue weighted by atomic mass is 10.1. The van der Waals surface area contributed by atoms with Gasteiger partial charge in [-0.25, -0.2) is 0 Å². The Morgan fingerprint density at radius 2 is 1.86 bits per heavy atom. The highest BCUT2D eigenvalue weighted by molar-refractivity contribution is 6.42. The minimum Gasteiger partial charge on any atom is -0.450 e. The van der Waals surface area contributed by atoms with E-state index in [4.69, 9.17) is 33.7 Å². The predicted molar refractivity (Wildman–Crippen MR) is 82.3 cm³/mol. The van der Waals surface area contributed by atoms with E-state index in [0.717, 1.165) is 17.2 Å². The molecule has 0 atom stereocenters. The molecule has 110 valence electrons. The van der Waals surface area contributed by atoms with Crippen LogP contribution in [0.4, 0.5) is 5.69 Å². The van der Waals surface area contributed by atoms with Crippen LogP contribution in [-0.4, -0.2) is 4.92 Å². The van der Waals surface area contributed by atoms with Gasteiger partial charge in [-0.05, 0) is 13.0 Å². The number of ether oxygens (including phenoxy) is 1. The fraction of sp³-hybridized carbons (Fsp3) is 0.143. The molecule has 0 fully saturated rings. The standard InChI is InChI=1S/C14H12Cl2N2O3/c1-8-2-3-13(9(4-8)7-17)21-14-6-11(16)10(15)5-12(14)18(19)20/h2-6H,7,17H2,1H3. The first kappa shape index (κ1) is 15.6. The average molecular weight is 327 g/mol. The highest BCUT2D eigenvalue weighted by Crippen LogP contribution is 2.38. The van der Waals surface area contributed by atoms with Gasteiger partial charge in [-0.3, -0.25) is 10.1 Å². The number of hydrogen-bond donors (Lipinski definition) is 1. The molecule has 0 unspecified atom stereocenters. The molecule has 0 radical (unpaired) electrons. The Hall–Kier alpha value is -1.82. The number of nitro benzene ring substituents is 1. The second-order valence-electron chi connectivity index (χ2n) is 4.41. The first-order chi connectivity index (χ1) is 9.92. The smallest absolute Gasteiger partial charge is 0.313 e. The Kier molecular flexibility index (Phi) is 4.67. The van der Waals surface area contributed by atoms with E-state index in [1.54, 1.807) is 6.07 Å². The van der Waals surface area contributed by atoms with Crippen LogP contribution in [0.25, 0.3) is 0 Å². The van der Waals surface area contributed by atoms with E-state index < -0.39 is 4.92 Å². The molecule has 0 aliphatic rings. The number of nitrogens with zero attached hydrogens (tertiary/aromatic N) is 1. The van der Waals surface area contributed by atoms with Crippen molar-refractivity contribution in [1.82, 2.24) is 0 Å². The van der Waals surface area contributed by atoms with Gasteiger partial charge in [-0.2, -0.15) is 0 Å². The maximum atomic E-state index is 11.1. The van der Waals surface area contributed by atoms with E-state index in [2.05, 4.69) is 0 Å². The van der Waals surface area contributed by atoms with Crippen molar-refractivity contribution in [3.63, 3.8) is 0 Å². The molecule has 0 aliphatic carbocycles. The monoisotopic (exact) mass is 326 g/mol. The third-order valence-corrected chi connectivity index (χ3v) is 3.58. The van der Waals surface area contributed by atoms with Crippen LogP contribution in [0.1, 0.15) is 11.1 Å². The van der Waals surface area contributed by atoms with Crippen LogP contribution in [0.3, 0.4) is 0 Å². The molecule has 0 bridgehead atoms. The van der Waals surface area contributed by atoms with Gasteiger partial charge in [-0.1, -0.05) is 40.9 Å². The van der Waals surface area contributed by atoms with E-state index in [-0.39, 0.29) is 28.0 Å². The van der Waals surface area contributed by atoms with Gasteiger partial charge in [0.05, 0.1) is 15.0 Å².